The topological polar surface area (TPSA) is 126 Å². The lowest BCUT2D eigenvalue weighted by molar-refractivity contribution is -0.132. The molecular weight excluding hydrogens is 497 g/mol. The Bertz CT molecular complexity index is 1250. The lowest BCUT2D eigenvalue weighted by Gasteiger charge is -2.29. The molecule has 0 spiro atoms. The Labute approximate surface area is 217 Å². The minimum Gasteiger partial charge on any atom is -0.338 e. The van der Waals surface area contributed by atoms with Gasteiger partial charge < -0.3 is 10.6 Å². The molecule has 0 aromatic heterocycles. The minimum absolute atomic E-state index is 0.0202. The maximum atomic E-state index is 13.9. The van der Waals surface area contributed by atoms with E-state index in [4.69, 9.17) is 10.6 Å². The zero-order valence-corrected chi connectivity index (χ0v) is 21.9. The average Bonchev–Trinajstić information content (AvgIpc) is 3.46. The van der Waals surface area contributed by atoms with Gasteiger partial charge in [-0.3, -0.25) is 10.1 Å². The fraction of sp³-hybridized carbons (Fsp3) is 0.462. The zero-order chi connectivity index (χ0) is 26.6. The van der Waals surface area contributed by atoms with Crippen LogP contribution in [-0.4, -0.2) is 62.3 Å². The van der Waals surface area contributed by atoms with Crippen molar-refractivity contribution in [2.45, 2.75) is 56.3 Å². The molecule has 0 saturated carbocycles. The van der Waals surface area contributed by atoms with E-state index in [1.807, 2.05) is 4.90 Å². The van der Waals surface area contributed by atoms with Gasteiger partial charge in [0.05, 0.1) is 5.75 Å². The molecule has 4 rings (SSSR count). The van der Waals surface area contributed by atoms with Gasteiger partial charge in [0.15, 0.2) is 15.7 Å². The Hall–Kier alpha value is -2.86. The van der Waals surface area contributed by atoms with Crippen molar-refractivity contribution in [3.05, 3.63) is 71.0 Å². The molecule has 1 amide bonds. The van der Waals surface area contributed by atoms with Crippen LogP contribution >= 0.6 is 0 Å². The molecule has 9 nitrogen and oxygen atoms in total. The highest BCUT2D eigenvalue weighted by atomic mass is 32.2. The highest BCUT2D eigenvalue weighted by Crippen LogP contribution is 2.22. The van der Waals surface area contributed by atoms with Crippen LogP contribution in [0.25, 0.3) is 0 Å². The van der Waals surface area contributed by atoms with Crippen molar-refractivity contribution in [2.24, 2.45) is 10.7 Å². The number of nitrogens with two attached hydrogens (primary N) is 1. The third-order valence-electron chi connectivity index (χ3n) is 6.57. The second kappa shape index (κ2) is 11.3. The summed E-state index contributed by atoms with van der Waals surface area (Å²) in [6, 6.07) is 13.1. The summed E-state index contributed by atoms with van der Waals surface area (Å²) in [6.45, 7) is 2.93. The molecule has 1 fully saturated rings. The van der Waals surface area contributed by atoms with Crippen LogP contribution in [0.15, 0.2) is 53.5 Å². The maximum absolute atomic E-state index is 13.9. The third kappa shape index (κ3) is 7.35. The van der Waals surface area contributed by atoms with E-state index in [1.165, 1.54) is 12.3 Å². The molecule has 3 atom stereocenters. The molecule has 2 aromatic rings. The van der Waals surface area contributed by atoms with Crippen LogP contribution in [0.3, 0.4) is 0 Å². The molecule has 2 aromatic carbocycles. The van der Waals surface area contributed by atoms with E-state index in [9.17, 15) is 17.6 Å². The Balaban J connectivity index is 1.31. The first-order valence-corrected chi connectivity index (χ1v) is 14.4. The van der Waals surface area contributed by atoms with Crippen molar-refractivity contribution in [3.63, 3.8) is 0 Å². The van der Waals surface area contributed by atoms with Crippen LogP contribution in [0.1, 0.15) is 42.9 Å². The Morgan fingerprint density at radius 3 is 2.73 bits per heavy atom. The summed E-state index contributed by atoms with van der Waals surface area (Å²) in [6.07, 6.45) is 3.40. The van der Waals surface area contributed by atoms with E-state index in [2.05, 4.69) is 15.8 Å². The van der Waals surface area contributed by atoms with Crippen molar-refractivity contribution in [3.8, 4) is 0 Å². The van der Waals surface area contributed by atoms with Crippen LogP contribution in [0.2, 0.25) is 0 Å². The Morgan fingerprint density at radius 1 is 1.30 bits per heavy atom. The highest BCUT2D eigenvalue weighted by Gasteiger charge is 2.35. The predicted molar refractivity (Wildman–Crippen MR) is 140 cm³/mol. The van der Waals surface area contributed by atoms with E-state index in [0.717, 1.165) is 18.4 Å². The number of aliphatic imine (C=N–C) groups is 1. The van der Waals surface area contributed by atoms with Crippen molar-refractivity contribution in [1.82, 2.24) is 15.7 Å². The molecule has 4 N–H and O–H groups in total. The molecular formula is C26H34FN5O4S. The summed E-state index contributed by atoms with van der Waals surface area (Å²) < 4.78 is 36.9. The first kappa shape index (κ1) is 27.2. The molecule has 2 aliphatic rings. The number of amides is 1. The molecule has 0 radical (unpaired) electrons. The number of hydrogen-bond acceptors (Lipinski definition) is 8. The van der Waals surface area contributed by atoms with Gasteiger partial charge >= 0.3 is 0 Å². The number of likely N-dealkylation sites (tertiary alicyclic amines) is 1. The summed E-state index contributed by atoms with van der Waals surface area (Å²) in [7, 11) is -3.11. The molecule has 37 heavy (non-hydrogen) atoms. The summed E-state index contributed by atoms with van der Waals surface area (Å²) in [5.74, 6) is -0.870. The van der Waals surface area contributed by atoms with Crippen LogP contribution in [-0.2, 0) is 31.6 Å². The quantitative estimate of drug-likeness (QED) is 0.427. The molecule has 2 aliphatic heterocycles. The number of nitrogens with zero attached hydrogens (tertiary/aromatic N) is 2. The standard InChI is InChI=1S/C26H34FN5O4S/c1-26(30-25(31-36-26)19-11-9-18(10-12-19)17-37(2,34)35)29-16-22-7-5-13-32(22)24(33)15-21(28)14-20-6-3-4-8-23(20)27/h3-4,6,8-12,21-22,29H,5,7,13-17,28H2,1-2H3,(H,30,31)/t21-,22?,26?/m1/s1. The Morgan fingerprint density at radius 2 is 2.03 bits per heavy atom. The van der Waals surface area contributed by atoms with Gasteiger partial charge in [-0.25, -0.2) is 28.1 Å². The minimum atomic E-state index is -3.11. The fourth-order valence-corrected chi connectivity index (χ4v) is 5.51. The largest absolute Gasteiger partial charge is 0.338 e. The molecule has 11 heteroatoms. The molecule has 200 valence electrons. The van der Waals surface area contributed by atoms with Gasteiger partial charge in [-0.05, 0) is 36.5 Å². The number of hydroxylamine groups is 1. The van der Waals surface area contributed by atoms with E-state index >= 15 is 0 Å². The summed E-state index contributed by atoms with van der Waals surface area (Å²) in [5.41, 5.74) is 11.0. The summed E-state index contributed by atoms with van der Waals surface area (Å²) >= 11 is 0. The van der Waals surface area contributed by atoms with Crippen LogP contribution in [0, 0.1) is 5.82 Å². The number of hydrogen-bond donors (Lipinski definition) is 3. The summed E-state index contributed by atoms with van der Waals surface area (Å²) in [5, 5.41) is 3.30. The first-order chi connectivity index (χ1) is 17.5. The van der Waals surface area contributed by atoms with Gasteiger partial charge in [0.1, 0.15) is 5.82 Å². The van der Waals surface area contributed by atoms with Crippen LogP contribution < -0.4 is 16.5 Å². The SMILES string of the molecule is CC1(NCC2CCCN2C(=O)C[C@H](N)Cc2ccccc2F)N=C(c2ccc(CS(C)(=O)=O)cc2)NO1. The number of benzene rings is 2. The van der Waals surface area contributed by atoms with Crippen molar-refractivity contribution in [2.75, 3.05) is 19.3 Å². The number of carbonyl (C=O) groups excluding carboxylic acids is 1. The maximum Gasteiger partial charge on any atom is 0.238 e. The molecule has 1 saturated heterocycles. The van der Waals surface area contributed by atoms with Gasteiger partial charge in [-0.2, -0.15) is 0 Å². The number of halogens is 1. The Kier molecular flexibility index (Phi) is 8.27. The number of rotatable bonds is 10. The number of carbonyl (C=O) groups is 1. The van der Waals surface area contributed by atoms with E-state index in [0.29, 0.717) is 36.5 Å². The lowest BCUT2D eigenvalue weighted by Crippen LogP contribution is -2.50. The van der Waals surface area contributed by atoms with E-state index in [-0.39, 0.29) is 29.9 Å². The summed E-state index contributed by atoms with van der Waals surface area (Å²) in [4.78, 5) is 25.1. The number of sulfone groups is 1. The van der Waals surface area contributed by atoms with Crippen LogP contribution in [0.5, 0.6) is 0 Å². The average molecular weight is 532 g/mol. The smallest absolute Gasteiger partial charge is 0.238 e. The van der Waals surface area contributed by atoms with Gasteiger partial charge in [0.25, 0.3) is 0 Å². The van der Waals surface area contributed by atoms with Gasteiger partial charge in [0, 0.05) is 50.3 Å². The van der Waals surface area contributed by atoms with Crippen molar-refractivity contribution < 1.29 is 22.4 Å². The normalized spacial score (nSPS) is 22.5. The fourth-order valence-electron chi connectivity index (χ4n) is 4.71. The van der Waals surface area contributed by atoms with E-state index < -0.39 is 21.7 Å². The van der Waals surface area contributed by atoms with Gasteiger partial charge in [-0.15, -0.1) is 0 Å². The molecule has 2 heterocycles. The van der Waals surface area contributed by atoms with Crippen molar-refractivity contribution in [1.29, 1.82) is 0 Å². The highest BCUT2D eigenvalue weighted by molar-refractivity contribution is 7.89. The third-order valence-corrected chi connectivity index (χ3v) is 7.43. The van der Waals surface area contributed by atoms with Gasteiger partial charge in [-0.1, -0.05) is 42.5 Å². The monoisotopic (exact) mass is 531 g/mol. The predicted octanol–water partition coefficient (Wildman–Crippen LogP) is 1.87. The van der Waals surface area contributed by atoms with Crippen molar-refractivity contribution >= 4 is 21.6 Å². The number of amidine groups is 1. The zero-order valence-electron chi connectivity index (χ0n) is 21.1. The second-order valence-corrected chi connectivity index (χ2v) is 12.1. The lowest BCUT2D eigenvalue weighted by atomic mass is 10.0. The first-order valence-electron chi connectivity index (χ1n) is 12.4. The molecule has 2 unspecified atom stereocenters. The van der Waals surface area contributed by atoms with Gasteiger partial charge in [0.2, 0.25) is 11.8 Å². The second-order valence-electron chi connectivity index (χ2n) is 9.94. The molecule has 0 bridgehead atoms. The number of nitrogens with one attached hydrogen (secondary N) is 2. The van der Waals surface area contributed by atoms with Crippen LogP contribution in [0.4, 0.5) is 4.39 Å². The molecule has 0 aliphatic carbocycles. The van der Waals surface area contributed by atoms with E-state index in [1.54, 1.807) is 49.4 Å².